The standard InChI is InChI=1S/C17H20N4O.C2HF3O2/c22-16(12-4-2-1-3-5-12)13-10-20-21(11-13)15-7-9-19-17-14(15)6-8-18-17;3-2(4,5)1(6)7/h6-12,16,22H,1-5H2,(H,18,19);(H,6,7). The van der Waals surface area contributed by atoms with Crippen LogP contribution in [-0.4, -0.2) is 42.1 Å². The van der Waals surface area contributed by atoms with E-state index in [-0.39, 0.29) is 0 Å². The number of alkyl halides is 3. The number of aromatic nitrogens is 4. The van der Waals surface area contributed by atoms with Crippen molar-refractivity contribution in [1.82, 2.24) is 19.7 Å². The first-order valence-electron chi connectivity index (χ1n) is 9.22. The Labute approximate surface area is 164 Å². The number of aliphatic hydroxyl groups excluding tert-OH is 1. The fourth-order valence-electron chi connectivity index (χ4n) is 3.49. The van der Waals surface area contributed by atoms with Crippen LogP contribution < -0.4 is 0 Å². The smallest absolute Gasteiger partial charge is 0.475 e. The van der Waals surface area contributed by atoms with Crippen molar-refractivity contribution >= 4 is 17.0 Å². The molecule has 3 heterocycles. The Morgan fingerprint density at radius 2 is 1.93 bits per heavy atom. The third-order valence-electron chi connectivity index (χ3n) is 4.97. The number of aromatic amines is 1. The molecule has 0 aromatic carbocycles. The van der Waals surface area contributed by atoms with Gasteiger partial charge in [-0.3, -0.25) is 0 Å². The highest BCUT2D eigenvalue weighted by Gasteiger charge is 2.38. The summed E-state index contributed by atoms with van der Waals surface area (Å²) >= 11 is 0. The van der Waals surface area contributed by atoms with Crippen LogP contribution in [0.4, 0.5) is 13.2 Å². The summed E-state index contributed by atoms with van der Waals surface area (Å²) in [6.07, 6.45) is 7.87. The van der Waals surface area contributed by atoms with Crippen LogP contribution in [0, 0.1) is 5.92 Å². The molecule has 0 bridgehead atoms. The number of fused-ring (bicyclic) bond motifs is 1. The first-order chi connectivity index (χ1) is 13.8. The number of hydrogen-bond donors (Lipinski definition) is 3. The lowest BCUT2D eigenvalue weighted by atomic mass is 9.83. The van der Waals surface area contributed by atoms with Gasteiger partial charge in [0.2, 0.25) is 0 Å². The minimum atomic E-state index is -5.08. The lowest BCUT2D eigenvalue weighted by molar-refractivity contribution is -0.192. The van der Waals surface area contributed by atoms with Crippen molar-refractivity contribution in [3.63, 3.8) is 0 Å². The summed E-state index contributed by atoms with van der Waals surface area (Å²) in [6.45, 7) is 0. The Balaban J connectivity index is 0.000000298. The third kappa shape index (κ3) is 4.94. The summed E-state index contributed by atoms with van der Waals surface area (Å²) < 4.78 is 33.6. The average Bonchev–Trinajstić information content (AvgIpc) is 3.37. The summed E-state index contributed by atoms with van der Waals surface area (Å²) in [7, 11) is 0. The number of carboxylic acid groups (broad SMARTS) is 1. The monoisotopic (exact) mass is 410 g/mol. The van der Waals surface area contributed by atoms with Gasteiger partial charge in [-0.05, 0) is 30.9 Å². The molecule has 156 valence electrons. The van der Waals surface area contributed by atoms with Crippen LogP contribution in [0.5, 0.6) is 0 Å². The molecule has 7 nitrogen and oxygen atoms in total. The molecular weight excluding hydrogens is 389 g/mol. The van der Waals surface area contributed by atoms with Crippen molar-refractivity contribution in [1.29, 1.82) is 0 Å². The van der Waals surface area contributed by atoms with Crippen LogP contribution in [-0.2, 0) is 4.79 Å². The number of halogens is 3. The summed E-state index contributed by atoms with van der Waals surface area (Å²) in [5, 5.41) is 23.2. The number of aliphatic hydroxyl groups is 1. The fraction of sp³-hybridized carbons (Fsp3) is 0.421. The van der Waals surface area contributed by atoms with Crippen molar-refractivity contribution < 1.29 is 28.2 Å². The molecule has 1 atom stereocenters. The van der Waals surface area contributed by atoms with Gasteiger partial charge in [0.15, 0.2) is 0 Å². The average molecular weight is 410 g/mol. The normalized spacial score (nSPS) is 16.3. The van der Waals surface area contributed by atoms with Gasteiger partial charge in [0.25, 0.3) is 0 Å². The molecule has 29 heavy (non-hydrogen) atoms. The molecule has 0 amide bonds. The number of carboxylic acids is 1. The molecule has 3 N–H and O–H groups in total. The highest BCUT2D eigenvalue weighted by molar-refractivity contribution is 5.84. The molecule has 1 fully saturated rings. The number of aliphatic carboxylic acids is 1. The van der Waals surface area contributed by atoms with Crippen LogP contribution in [0.1, 0.15) is 43.8 Å². The Hall–Kier alpha value is -2.88. The zero-order valence-corrected chi connectivity index (χ0v) is 15.4. The van der Waals surface area contributed by atoms with E-state index in [0.29, 0.717) is 5.92 Å². The Morgan fingerprint density at radius 3 is 2.59 bits per heavy atom. The van der Waals surface area contributed by atoms with Crippen LogP contribution >= 0.6 is 0 Å². The highest BCUT2D eigenvalue weighted by atomic mass is 19.4. The van der Waals surface area contributed by atoms with Gasteiger partial charge >= 0.3 is 12.1 Å². The summed E-state index contributed by atoms with van der Waals surface area (Å²) in [5.41, 5.74) is 2.74. The lowest BCUT2D eigenvalue weighted by Gasteiger charge is -2.25. The van der Waals surface area contributed by atoms with Crippen LogP contribution in [0.25, 0.3) is 16.7 Å². The van der Waals surface area contributed by atoms with Crippen molar-refractivity contribution in [3.05, 3.63) is 42.5 Å². The molecule has 10 heteroatoms. The molecule has 1 unspecified atom stereocenters. The number of nitrogens with zero attached hydrogens (tertiary/aromatic N) is 3. The Kier molecular flexibility index (Phi) is 6.21. The Morgan fingerprint density at radius 1 is 1.24 bits per heavy atom. The van der Waals surface area contributed by atoms with E-state index in [4.69, 9.17) is 9.90 Å². The van der Waals surface area contributed by atoms with E-state index in [2.05, 4.69) is 15.1 Å². The van der Waals surface area contributed by atoms with Gasteiger partial charge in [-0.2, -0.15) is 18.3 Å². The van der Waals surface area contributed by atoms with E-state index in [0.717, 1.165) is 35.1 Å². The van der Waals surface area contributed by atoms with Crippen LogP contribution in [0.15, 0.2) is 36.9 Å². The highest BCUT2D eigenvalue weighted by Crippen LogP contribution is 2.34. The number of H-pyrrole nitrogens is 1. The van der Waals surface area contributed by atoms with Crippen LogP contribution in [0.2, 0.25) is 0 Å². The first-order valence-corrected chi connectivity index (χ1v) is 9.22. The van der Waals surface area contributed by atoms with Gasteiger partial charge in [-0.25, -0.2) is 14.5 Å². The molecule has 1 saturated carbocycles. The minimum Gasteiger partial charge on any atom is -0.475 e. The molecule has 1 aliphatic carbocycles. The summed E-state index contributed by atoms with van der Waals surface area (Å²) in [6, 6.07) is 3.94. The van der Waals surface area contributed by atoms with Gasteiger partial charge in [-0.15, -0.1) is 0 Å². The van der Waals surface area contributed by atoms with E-state index < -0.39 is 18.2 Å². The number of rotatable bonds is 3. The maximum atomic E-state index is 10.6. The molecule has 0 aliphatic heterocycles. The van der Waals surface area contributed by atoms with E-state index in [1.165, 1.54) is 19.3 Å². The second-order valence-electron chi connectivity index (χ2n) is 6.93. The van der Waals surface area contributed by atoms with Crippen molar-refractivity contribution in [2.45, 2.75) is 44.4 Å². The molecule has 0 spiro atoms. The molecular formula is C19H21F3N4O3. The predicted octanol–water partition coefficient (Wildman–Crippen LogP) is 4.00. The van der Waals surface area contributed by atoms with E-state index in [1.54, 1.807) is 12.4 Å². The molecule has 4 rings (SSSR count). The minimum absolute atomic E-state index is 0.371. The second kappa shape index (κ2) is 8.64. The van der Waals surface area contributed by atoms with Crippen molar-refractivity contribution in [2.24, 2.45) is 5.92 Å². The lowest BCUT2D eigenvalue weighted by Crippen LogP contribution is -2.21. The van der Waals surface area contributed by atoms with Gasteiger partial charge < -0.3 is 15.2 Å². The second-order valence-corrected chi connectivity index (χ2v) is 6.93. The molecule has 0 radical (unpaired) electrons. The van der Waals surface area contributed by atoms with Crippen molar-refractivity contribution in [3.8, 4) is 5.69 Å². The maximum absolute atomic E-state index is 10.6. The Bertz CT molecular complexity index is 961. The van der Waals surface area contributed by atoms with Gasteiger partial charge in [-0.1, -0.05) is 19.3 Å². The van der Waals surface area contributed by atoms with Gasteiger partial charge in [0.05, 0.1) is 18.0 Å². The zero-order chi connectivity index (χ0) is 21.0. The van der Waals surface area contributed by atoms with Gasteiger partial charge in [0.1, 0.15) is 5.65 Å². The molecule has 1 aliphatic rings. The quantitative estimate of drug-likeness (QED) is 0.606. The summed E-state index contributed by atoms with van der Waals surface area (Å²) in [4.78, 5) is 16.3. The van der Waals surface area contributed by atoms with Gasteiger partial charge in [0, 0.05) is 29.5 Å². The fourth-order valence-corrected chi connectivity index (χ4v) is 3.49. The topological polar surface area (TPSA) is 104 Å². The summed E-state index contributed by atoms with van der Waals surface area (Å²) in [5.74, 6) is -2.39. The number of carbonyl (C=O) groups is 1. The van der Waals surface area contributed by atoms with E-state index >= 15 is 0 Å². The third-order valence-corrected chi connectivity index (χ3v) is 4.97. The number of pyridine rings is 1. The van der Waals surface area contributed by atoms with Crippen LogP contribution in [0.3, 0.4) is 0 Å². The largest absolute Gasteiger partial charge is 0.490 e. The van der Waals surface area contributed by atoms with E-state index in [9.17, 15) is 18.3 Å². The maximum Gasteiger partial charge on any atom is 0.490 e. The number of hydrogen-bond acceptors (Lipinski definition) is 4. The first kappa shape index (κ1) is 20.8. The molecule has 0 saturated heterocycles. The predicted molar refractivity (Wildman–Crippen MR) is 98.4 cm³/mol. The molecule has 3 aromatic heterocycles. The van der Waals surface area contributed by atoms with E-state index in [1.807, 2.05) is 29.2 Å². The zero-order valence-electron chi connectivity index (χ0n) is 15.4. The molecule has 3 aromatic rings. The van der Waals surface area contributed by atoms with Crippen molar-refractivity contribution in [2.75, 3.05) is 0 Å². The SMILES string of the molecule is O=C(O)C(F)(F)F.OC(c1cnn(-c2ccnc3[nH]ccc23)c1)C1CCCCC1. The number of nitrogens with one attached hydrogen (secondary N) is 1.